The number of hydrogen-bond acceptors (Lipinski definition) is 2. The minimum absolute atomic E-state index is 0.374. The van der Waals surface area contributed by atoms with E-state index < -0.39 is 11.6 Å². The van der Waals surface area contributed by atoms with Crippen molar-refractivity contribution in [2.24, 2.45) is 5.73 Å². The summed E-state index contributed by atoms with van der Waals surface area (Å²) >= 11 is 0. The first kappa shape index (κ1) is 13.6. The molecular formula is C17H14F2N2. The van der Waals surface area contributed by atoms with Crippen molar-refractivity contribution in [3.8, 4) is 0 Å². The first-order valence-electron chi connectivity index (χ1n) is 6.68. The molecular weight excluding hydrogens is 270 g/mol. The molecule has 2 aromatic carbocycles. The van der Waals surface area contributed by atoms with Gasteiger partial charge < -0.3 is 5.73 Å². The van der Waals surface area contributed by atoms with E-state index in [2.05, 4.69) is 4.98 Å². The number of nitrogens with two attached hydrogens (primary N) is 1. The molecule has 3 rings (SSSR count). The van der Waals surface area contributed by atoms with E-state index in [0.29, 0.717) is 12.0 Å². The van der Waals surface area contributed by atoms with Gasteiger partial charge in [-0.1, -0.05) is 30.3 Å². The summed E-state index contributed by atoms with van der Waals surface area (Å²) in [4.78, 5) is 4.35. The van der Waals surface area contributed by atoms with E-state index >= 15 is 0 Å². The molecule has 1 heterocycles. The third-order valence-corrected chi connectivity index (χ3v) is 3.50. The fourth-order valence-corrected chi connectivity index (χ4v) is 2.46. The highest BCUT2D eigenvalue weighted by atomic mass is 19.2. The predicted molar refractivity (Wildman–Crippen MR) is 78.7 cm³/mol. The van der Waals surface area contributed by atoms with Crippen LogP contribution in [0.25, 0.3) is 10.8 Å². The van der Waals surface area contributed by atoms with Crippen molar-refractivity contribution < 1.29 is 8.78 Å². The average Bonchev–Trinajstić information content (AvgIpc) is 2.50. The third kappa shape index (κ3) is 2.76. The van der Waals surface area contributed by atoms with Gasteiger partial charge in [0.25, 0.3) is 0 Å². The topological polar surface area (TPSA) is 38.9 Å². The van der Waals surface area contributed by atoms with Crippen LogP contribution >= 0.6 is 0 Å². The summed E-state index contributed by atoms with van der Waals surface area (Å²) in [6.45, 7) is 0. The number of aromatic nitrogens is 1. The molecule has 2 N–H and O–H groups in total. The van der Waals surface area contributed by atoms with Gasteiger partial charge in [-0.15, -0.1) is 0 Å². The quantitative estimate of drug-likeness (QED) is 0.795. The molecule has 0 aliphatic heterocycles. The van der Waals surface area contributed by atoms with Gasteiger partial charge in [-0.05, 0) is 35.6 Å². The van der Waals surface area contributed by atoms with Gasteiger partial charge in [0.15, 0.2) is 11.6 Å². The first-order valence-corrected chi connectivity index (χ1v) is 6.68. The minimum Gasteiger partial charge on any atom is -0.322 e. The smallest absolute Gasteiger partial charge is 0.159 e. The molecule has 0 amide bonds. The SMILES string of the molecule is NC(Cc1ccc(F)c(F)c1)c1nccc2ccccc12. The van der Waals surface area contributed by atoms with E-state index in [9.17, 15) is 8.78 Å². The Balaban J connectivity index is 1.93. The van der Waals surface area contributed by atoms with Gasteiger partial charge in [0.2, 0.25) is 0 Å². The van der Waals surface area contributed by atoms with Crippen molar-refractivity contribution in [1.29, 1.82) is 0 Å². The summed E-state index contributed by atoms with van der Waals surface area (Å²) < 4.78 is 26.2. The molecule has 1 atom stereocenters. The normalized spacial score (nSPS) is 12.5. The van der Waals surface area contributed by atoms with E-state index in [4.69, 9.17) is 5.73 Å². The van der Waals surface area contributed by atoms with E-state index in [0.717, 1.165) is 22.5 Å². The third-order valence-electron chi connectivity index (χ3n) is 3.50. The first-order chi connectivity index (χ1) is 10.1. The molecule has 0 saturated carbocycles. The molecule has 4 heteroatoms. The van der Waals surface area contributed by atoms with Gasteiger partial charge in [0.05, 0.1) is 11.7 Å². The number of pyridine rings is 1. The Hall–Kier alpha value is -2.33. The summed E-state index contributed by atoms with van der Waals surface area (Å²) in [6, 6.07) is 13.2. The molecule has 21 heavy (non-hydrogen) atoms. The number of benzene rings is 2. The molecule has 1 unspecified atom stereocenters. The van der Waals surface area contributed by atoms with Gasteiger partial charge in [-0.3, -0.25) is 4.98 Å². The molecule has 0 spiro atoms. The van der Waals surface area contributed by atoms with Crippen LogP contribution in [0.15, 0.2) is 54.7 Å². The fourth-order valence-electron chi connectivity index (χ4n) is 2.46. The summed E-state index contributed by atoms with van der Waals surface area (Å²) in [7, 11) is 0. The van der Waals surface area contributed by atoms with Crippen molar-refractivity contribution in [3.63, 3.8) is 0 Å². The summed E-state index contributed by atoms with van der Waals surface area (Å²) in [6.07, 6.45) is 2.11. The van der Waals surface area contributed by atoms with Crippen LogP contribution in [0.3, 0.4) is 0 Å². The molecule has 0 radical (unpaired) electrons. The number of nitrogens with zero attached hydrogens (tertiary/aromatic N) is 1. The Labute approximate surface area is 121 Å². The van der Waals surface area contributed by atoms with Gasteiger partial charge >= 0.3 is 0 Å². The molecule has 0 aliphatic rings. The van der Waals surface area contributed by atoms with Crippen LogP contribution in [0.2, 0.25) is 0 Å². The van der Waals surface area contributed by atoms with Gasteiger partial charge in [0.1, 0.15) is 0 Å². The van der Waals surface area contributed by atoms with E-state index in [1.807, 2.05) is 30.3 Å². The number of halogens is 2. The lowest BCUT2D eigenvalue weighted by molar-refractivity contribution is 0.506. The Morgan fingerprint density at radius 1 is 1.00 bits per heavy atom. The second-order valence-corrected chi connectivity index (χ2v) is 4.98. The maximum absolute atomic E-state index is 13.3. The second kappa shape index (κ2) is 5.58. The molecule has 0 fully saturated rings. The molecule has 2 nitrogen and oxygen atoms in total. The summed E-state index contributed by atoms with van der Waals surface area (Å²) in [5, 5.41) is 2.04. The van der Waals surface area contributed by atoms with Crippen LogP contribution < -0.4 is 5.73 Å². The second-order valence-electron chi connectivity index (χ2n) is 4.98. The monoisotopic (exact) mass is 284 g/mol. The van der Waals surface area contributed by atoms with Crippen LogP contribution in [-0.2, 0) is 6.42 Å². The fraction of sp³-hybridized carbons (Fsp3) is 0.118. The Morgan fingerprint density at radius 3 is 2.62 bits per heavy atom. The predicted octanol–water partition coefficient (Wildman–Crippen LogP) is 3.76. The highest BCUT2D eigenvalue weighted by Gasteiger charge is 2.13. The number of rotatable bonds is 3. The Morgan fingerprint density at radius 2 is 1.81 bits per heavy atom. The van der Waals surface area contributed by atoms with Crippen molar-refractivity contribution in [2.45, 2.75) is 12.5 Å². The highest BCUT2D eigenvalue weighted by molar-refractivity contribution is 5.84. The Kier molecular flexibility index (Phi) is 3.62. The molecule has 1 aromatic heterocycles. The lowest BCUT2D eigenvalue weighted by Gasteiger charge is -2.14. The minimum atomic E-state index is -0.856. The number of fused-ring (bicyclic) bond motifs is 1. The molecule has 3 aromatic rings. The van der Waals surface area contributed by atoms with Crippen LogP contribution in [-0.4, -0.2) is 4.98 Å². The number of hydrogen-bond donors (Lipinski definition) is 1. The van der Waals surface area contributed by atoms with Gasteiger partial charge in [-0.2, -0.15) is 0 Å². The molecule has 0 saturated heterocycles. The lowest BCUT2D eigenvalue weighted by atomic mass is 9.99. The maximum atomic E-state index is 13.3. The van der Waals surface area contributed by atoms with Gasteiger partial charge in [0, 0.05) is 11.6 Å². The summed E-state index contributed by atoms with van der Waals surface area (Å²) in [5.74, 6) is -1.71. The zero-order valence-corrected chi connectivity index (χ0v) is 11.3. The van der Waals surface area contributed by atoms with Crippen molar-refractivity contribution >= 4 is 10.8 Å². The molecule has 106 valence electrons. The van der Waals surface area contributed by atoms with Crippen LogP contribution in [0.5, 0.6) is 0 Å². The average molecular weight is 284 g/mol. The van der Waals surface area contributed by atoms with Crippen LogP contribution in [0, 0.1) is 11.6 Å². The maximum Gasteiger partial charge on any atom is 0.159 e. The standard InChI is InChI=1S/C17H14F2N2/c18-14-6-5-11(9-15(14)19)10-16(20)17-13-4-2-1-3-12(13)7-8-21-17/h1-9,16H,10,20H2. The van der Waals surface area contributed by atoms with Crippen LogP contribution in [0.4, 0.5) is 8.78 Å². The zero-order valence-electron chi connectivity index (χ0n) is 11.3. The highest BCUT2D eigenvalue weighted by Crippen LogP contribution is 2.23. The molecule has 0 bridgehead atoms. The molecule has 0 aliphatic carbocycles. The van der Waals surface area contributed by atoms with Crippen LogP contribution in [0.1, 0.15) is 17.3 Å². The van der Waals surface area contributed by atoms with E-state index in [1.165, 1.54) is 6.07 Å². The largest absolute Gasteiger partial charge is 0.322 e. The van der Waals surface area contributed by atoms with Crippen molar-refractivity contribution in [1.82, 2.24) is 4.98 Å². The lowest BCUT2D eigenvalue weighted by Crippen LogP contribution is -2.15. The van der Waals surface area contributed by atoms with E-state index in [-0.39, 0.29) is 6.04 Å². The van der Waals surface area contributed by atoms with Crippen molar-refractivity contribution in [3.05, 3.63) is 77.6 Å². The summed E-state index contributed by atoms with van der Waals surface area (Å²) in [5.41, 5.74) is 7.61. The van der Waals surface area contributed by atoms with Gasteiger partial charge in [-0.25, -0.2) is 8.78 Å². The van der Waals surface area contributed by atoms with E-state index in [1.54, 1.807) is 12.3 Å². The van der Waals surface area contributed by atoms with Crippen molar-refractivity contribution in [2.75, 3.05) is 0 Å². The Bertz CT molecular complexity index is 781. The zero-order chi connectivity index (χ0) is 14.8.